The lowest BCUT2D eigenvalue weighted by Gasteiger charge is -2.37. The van der Waals surface area contributed by atoms with Gasteiger partial charge in [-0.1, -0.05) is 37.1 Å². The second kappa shape index (κ2) is 9.67. The highest BCUT2D eigenvalue weighted by Gasteiger charge is 2.28. The standard InChI is InChI=1S/C21H30F2N2S/c1-5-7-8-16(6-2)21-10-9-14(3)25(26-21)13-17-11-20(23)18(15(4)24)12-19(17)22/h6-8,11-12,14-15,21H,5,9-10,13,24H2,1-4H3/b8-7-,16-6+/t14-,15?,21?/m0/s1. The SMILES string of the molecule is C/C=C(\C=C/CC)C1CC[C@H](C)N(Cc2cc(F)c(C(C)N)cc2F)S1. The normalized spacial score (nSPS) is 23.6. The molecule has 0 aliphatic carbocycles. The van der Waals surface area contributed by atoms with Gasteiger partial charge < -0.3 is 5.73 Å². The van der Waals surface area contributed by atoms with Crippen LogP contribution in [0.15, 0.2) is 35.9 Å². The third-order valence-electron chi connectivity index (χ3n) is 4.83. The Morgan fingerprint density at radius 1 is 1.35 bits per heavy atom. The van der Waals surface area contributed by atoms with E-state index in [0.717, 1.165) is 19.3 Å². The third kappa shape index (κ3) is 5.18. The van der Waals surface area contributed by atoms with E-state index in [1.165, 1.54) is 17.7 Å². The van der Waals surface area contributed by atoms with Gasteiger partial charge in [0.05, 0.1) is 0 Å². The summed E-state index contributed by atoms with van der Waals surface area (Å²) in [6.07, 6.45) is 9.64. The molecule has 2 unspecified atom stereocenters. The van der Waals surface area contributed by atoms with Crippen molar-refractivity contribution >= 4 is 11.9 Å². The quantitative estimate of drug-likeness (QED) is 0.492. The van der Waals surface area contributed by atoms with Crippen molar-refractivity contribution in [3.05, 3.63) is 58.7 Å². The van der Waals surface area contributed by atoms with Gasteiger partial charge in [0, 0.05) is 35.0 Å². The summed E-state index contributed by atoms with van der Waals surface area (Å²) in [7, 11) is 0. The van der Waals surface area contributed by atoms with E-state index < -0.39 is 11.9 Å². The first kappa shape index (κ1) is 21.1. The van der Waals surface area contributed by atoms with Gasteiger partial charge in [0.2, 0.25) is 0 Å². The van der Waals surface area contributed by atoms with Crippen molar-refractivity contribution in [3.63, 3.8) is 0 Å². The summed E-state index contributed by atoms with van der Waals surface area (Å²) in [6.45, 7) is 8.37. The lowest BCUT2D eigenvalue weighted by Crippen LogP contribution is -2.34. The van der Waals surface area contributed by atoms with Crippen LogP contribution in [0.5, 0.6) is 0 Å². The van der Waals surface area contributed by atoms with Gasteiger partial charge >= 0.3 is 0 Å². The maximum atomic E-state index is 14.5. The summed E-state index contributed by atoms with van der Waals surface area (Å²) in [6, 6.07) is 2.35. The van der Waals surface area contributed by atoms with E-state index in [4.69, 9.17) is 5.73 Å². The van der Waals surface area contributed by atoms with Crippen LogP contribution in [-0.2, 0) is 6.54 Å². The van der Waals surface area contributed by atoms with Crippen LogP contribution in [0.25, 0.3) is 0 Å². The molecule has 1 aromatic carbocycles. The molecule has 1 heterocycles. The fourth-order valence-corrected chi connectivity index (χ4v) is 4.59. The Morgan fingerprint density at radius 3 is 2.69 bits per heavy atom. The molecule has 2 N–H and O–H groups in total. The van der Waals surface area contributed by atoms with Crippen molar-refractivity contribution < 1.29 is 8.78 Å². The first-order valence-corrected chi connectivity index (χ1v) is 10.2. The second-order valence-corrected chi connectivity index (χ2v) is 8.20. The zero-order valence-corrected chi connectivity index (χ0v) is 17.0. The minimum Gasteiger partial charge on any atom is -0.324 e. The number of benzene rings is 1. The van der Waals surface area contributed by atoms with Gasteiger partial charge in [-0.05, 0) is 57.7 Å². The van der Waals surface area contributed by atoms with Crippen LogP contribution in [0.3, 0.4) is 0 Å². The van der Waals surface area contributed by atoms with Crippen molar-refractivity contribution in [3.8, 4) is 0 Å². The van der Waals surface area contributed by atoms with Crippen LogP contribution in [0, 0.1) is 11.6 Å². The lowest BCUT2D eigenvalue weighted by atomic mass is 10.0. The Morgan fingerprint density at radius 2 is 2.08 bits per heavy atom. The Balaban J connectivity index is 2.17. The molecule has 1 aromatic rings. The van der Waals surface area contributed by atoms with Crippen molar-refractivity contribution in [2.75, 3.05) is 0 Å². The van der Waals surface area contributed by atoms with E-state index >= 15 is 0 Å². The zero-order valence-electron chi connectivity index (χ0n) is 16.1. The number of allylic oxidation sites excluding steroid dienone is 3. The van der Waals surface area contributed by atoms with Gasteiger partial charge in [-0.3, -0.25) is 0 Å². The van der Waals surface area contributed by atoms with Crippen molar-refractivity contribution in [2.24, 2.45) is 5.73 Å². The zero-order chi connectivity index (χ0) is 19.3. The molecule has 0 radical (unpaired) electrons. The van der Waals surface area contributed by atoms with Crippen LogP contribution in [0.2, 0.25) is 0 Å². The maximum absolute atomic E-state index is 14.5. The number of hydrogen-bond acceptors (Lipinski definition) is 3. The van der Waals surface area contributed by atoms with Gasteiger partial charge in [0.1, 0.15) is 11.6 Å². The number of hydrogen-bond donors (Lipinski definition) is 1. The van der Waals surface area contributed by atoms with Crippen molar-refractivity contribution in [1.29, 1.82) is 0 Å². The summed E-state index contributed by atoms with van der Waals surface area (Å²) >= 11 is 1.74. The Bertz CT molecular complexity index is 670. The molecule has 1 fully saturated rings. The van der Waals surface area contributed by atoms with Crippen molar-refractivity contribution in [1.82, 2.24) is 4.31 Å². The molecule has 0 spiro atoms. The topological polar surface area (TPSA) is 29.3 Å². The summed E-state index contributed by atoms with van der Waals surface area (Å²) in [4.78, 5) is 0. The van der Waals surface area contributed by atoms with Gasteiger partial charge in [-0.15, -0.1) is 0 Å². The van der Waals surface area contributed by atoms with E-state index in [2.05, 4.69) is 43.3 Å². The molecule has 3 atom stereocenters. The van der Waals surface area contributed by atoms with Gasteiger partial charge in [0.25, 0.3) is 0 Å². The molecule has 0 aromatic heterocycles. The average molecular weight is 381 g/mol. The van der Waals surface area contributed by atoms with Gasteiger partial charge in [0.15, 0.2) is 0 Å². The number of nitrogens with zero attached hydrogens (tertiary/aromatic N) is 1. The first-order chi connectivity index (χ1) is 12.4. The monoisotopic (exact) mass is 380 g/mol. The Kier molecular flexibility index (Phi) is 7.86. The smallest absolute Gasteiger partial charge is 0.128 e. The van der Waals surface area contributed by atoms with Crippen LogP contribution in [-0.4, -0.2) is 15.6 Å². The van der Waals surface area contributed by atoms with E-state index in [1.54, 1.807) is 18.9 Å². The molecular formula is C21H30F2N2S. The van der Waals surface area contributed by atoms with Gasteiger partial charge in [-0.25, -0.2) is 13.1 Å². The molecule has 2 rings (SSSR count). The highest BCUT2D eigenvalue weighted by atomic mass is 32.2. The summed E-state index contributed by atoms with van der Waals surface area (Å²) < 4.78 is 30.9. The molecule has 1 aliphatic heterocycles. The largest absolute Gasteiger partial charge is 0.324 e. The minimum absolute atomic E-state index is 0.226. The molecule has 0 bridgehead atoms. The Hall–Kier alpha value is -1.17. The number of halogens is 2. The average Bonchev–Trinajstić information content (AvgIpc) is 2.60. The molecule has 144 valence electrons. The summed E-state index contributed by atoms with van der Waals surface area (Å²) in [5.41, 5.74) is 7.62. The molecule has 1 saturated heterocycles. The summed E-state index contributed by atoms with van der Waals surface area (Å²) in [5, 5.41) is 0.357. The predicted octanol–water partition coefficient (Wildman–Crippen LogP) is 5.90. The second-order valence-electron chi connectivity index (χ2n) is 6.95. The van der Waals surface area contributed by atoms with Crippen LogP contribution in [0.1, 0.15) is 64.1 Å². The summed E-state index contributed by atoms with van der Waals surface area (Å²) in [5.74, 6) is -0.812. The molecule has 5 heteroatoms. The van der Waals surface area contributed by atoms with Gasteiger partial charge in [-0.2, -0.15) is 0 Å². The highest BCUT2D eigenvalue weighted by Crippen LogP contribution is 2.37. The van der Waals surface area contributed by atoms with E-state index in [9.17, 15) is 8.78 Å². The van der Waals surface area contributed by atoms with Crippen LogP contribution >= 0.6 is 11.9 Å². The first-order valence-electron chi connectivity index (χ1n) is 9.36. The minimum atomic E-state index is -0.520. The van der Waals surface area contributed by atoms with E-state index in [1.807, 2.05) is 0 Å². The Labute approximate surface area is 160 Å². The van der Waals surface area contributed by atoms with Crippen LogP contribution in [0.4, 0.5) is 8.78 Å². The van der Waals surface area contributed by atoms with Crippen molar-refractivity contribution in [2.45, 2.75) is 70.8 Å². The fourth-order valence-electron chi connectivity index (χ4n) is 3.16. The number of nitrogens with two attached hydrogens (primary N) is 1. The lowest BCUT2D eigenvalue weighted by molar-refractivity contribution is 0.320. The highest BCUT2D eigenvalue weighted by molar-refractivity contribution is 7.97. The molecule has 2 nitrogen and oxygen atoms in total. The van der Waals surface area contributed by atoms with E-state index in [0.29, 0.717) is 23.4 Å². The molecule has 0 saturated carbocycles. The van der Waals surface area contributed by atoms with E-state index in [-0.39, 0.29) is 11.4 Å². The number of rotatable bonds is 6. The third-order valence-corrected chi connectivity index (χ3v) is 6.36. The van der Waals surface area contributed by atoms with Crippen LogP contribution < -0.4 is 5.73 Å². The fraction of sp³-hybridized carbons (Fsp3) is 0.524. The maximum Gasteiger partial charge on any atom is 0.128 e. The molecular weight excluding hydrogens is 350 g/mol. The predicted molar refractivity (Wildman–Crippen MR) is 108 cm³/mol. The molecule has 1 aliphatic rings. The molecule has 0 amide bonds. The molecule has 26 heavy (non-hydrogen) atoms.